The third kappa shape index (κ3) is 3.74. The Morgan fingerprint density at radius 1 is 1.04 bits per heavy atom. The molecule has 0 radical (unpaired) electrons. The summed E-state index contributed by atoms with van der Waals surface area (Å²) in [6, 6.07) is 6.27. The second kappa shape index (κ2) is 7.13. The van der Waals surface area contributed by atoms with Gasteiger partial charge in [0.25, 0.3) is 5.69 Å². The molecule has 0 saturated carbocycles. The van der Waals surface area contributed by atoms with E-state index in [1.807, 2.05) is 4.90 Å². The van der Waals surface area contributed by atoms with Gasteiger partial charge in [0.05, 0.1) is 4.92 Å². The summed E-state index contributed by atoms with van der Waals surface area (Å²) in [6.07, 6.45) is 1.16. The second-order valence-corrected chi connectivity index (χ2v) is 5.64. The number of piperazine rings is 1. The standard InChI is InChI=1S/C14H15N7O5/c22-13(9-19-10-15-14(16-19)21(25)26)18-7-5-17(6-8-18)11-1-3-12(4-2-11)20(23)24/h1-4,10H,5-9H2. The summed E-state index contributed by atoms with van der Waals surface area (Å²) in [5, 5.41) is 24.9. The van der Waals surface area contributed by atoms with Gasteiger partial charge >= 0.3 is 5.95 Å². The number of aromatic nitrogens is 3. The van der Waals surface area contributed by atoms with Crippen LogP contribution in [0.3, 0.4) is 0 Å². The highest BCUT2D eigenvalue weighted by Crippen LogP contribution is 2.20. The molecule has 26 heavy (non-hydrogen) atoms. The van der Waals surface area contributed by atoms with Gasteiger partial charge in [-0.25, -0.2) is 0 Å². The summed E-state index contributed by atoms with van der Waals surface area (Å²) in [7, 11) is 0. The summed E-state index contributed by atoms with van der Waals surface area (Å²) in [5.74, 6) is -0.742. The van der Waals surface area contributed by atoms with Crippen molar-refractivity contribution >= 4 is 23.2 Å². The number of nitrogens with zero attached hydrogens (tertiary/aromatic N) is 7. The van der Waals surface area contributed by atoms with Gasteiger partial charge in [0.2, 0.25) is 12.2 Å². The Labute approximate surface area is 146 Å². The van der Waals surface area contributed by atoms with E-state index in [1.165, 1.54) is 12.1 Å². The lowest BCUT2D eigenvalue weighted by molar-refractivity contribution is -0.394. The van der Waals surface area contributed by atoms with Crippen molar-refractivity contribution in [3.05, 3.63) is 50.8 Å². The molecule has 0 atom stereocenters. The fourth-order valence-corrected chi connectivity index (χ4v) is 2.68. The molecule has 1 aromatic heterocycles. The third-order valence-electron chi connectivity index (χ3n) is 4.04. The van der Waals surface area contributed by atoms with E-state index >= 15 is 0 Å². The Bertz CT molecular complexity index is 826. The Morgan fingerprint density at radius 3 is 2.23 bits per heavy atom. The monoisotopic (exact) mass is 361 g/mol. The van der Waals surface area contributed by atoms with Crippen molar-refractivity contribution in [3.8, 4) is 0 Å². The van der Waals surface area contributed by atoms with Gasteiger partial charge in [-0.1, -0.05) is 4.98 Å². The normalized spacial score (nSPS) is 14.3. The van der Waals surface area contributed by atoms with Gasteiger partial charge in [-0.15, -0.1) is 0 Å². The van der Waals surface area contributed by atoms with Crippen LogP contribution in [0, 0.1) is 20.2 Å². The van der Waals surface area contributed by atoms with Crippen molar-refractivity contribution in [1.29, 1.82) is 0 Å². The number of benzene rings is 1. The van der Waals surface area contributed by atoms with Gasteiger partial charge < -0.3 is 19.9 Å². The van der Waals surface area contributed by atoms with Crippen LogP contribution >= 0.6 is 0 Å². The van der Waals surface area contributed by atoms with Gasteiger partial charge in [-0.2, -0.15) is 4.68 Å². The average molecular weight is 361 g/mol. The lowest BCUT2D eigenvalue weighted by atomic mass is 10.2. The predicted molar refractivity (Wildman–Crippen MR) is 88.6 cm³/mol. The first-order chi connectivity index (χ1) is 12.4. The van der Waals surface area contributed by atoms with Crippen LogP contribution in [-0.4, -0.2) is 61.6 Å². The van der Waals surface area contributed by atoms with Crippen molar-refractivity contribution in [2.24, 2.45) is 0 Å². The maximum absolute atomic E-state index is 12.3. The molecule has 1 aromatic carbocycles. The average Bonchev–Trinajstić information content (AvgIpc) is 3.11. The maximum Gasteiger partial charge on any atom is 0.490 e. The number of carbonyl (C=O) groups excluding carboxylic acids is 1. The van der Waals surface area contributed by atoms with Crippen LogP contribution in [0.15, 0.2) is 30.6 Å². The van der Waals surface area contributed by atoms with E-state index in [9.17, 15) is 25.0 Å². The first-order valence-corrected chi connectivity index (χ1v) is 7.75. The molecule has 3 rings (SSSR count). The van der Waals surface area contributed by atoms with Crippen molar-refractivity contribution < 1.29 is 14.6 Å². The minimum Gasteiger partial charge on any atom is -0.390 e. The quantitative estimate of drug-likeness (QED) is 0.552. The van der Waals surface area contributed by atoms with E-state index in [2.05, 4.69) is 10.1 Å². The fraction of sp³-hybridized carbons (Fsp3) is 0.357. The number of hydrogen-bond donors (Lipinski definition) is 0. The predicted octanol–water partition coefficient (Wildman–Crippen LogP) is 0.443. The molecule has 12 nitrogen and oxygen atoms in total. The number of nitro groups is 2. The fourth-order valence-electron chi connectivity index (χ4n) is 2.68. The topological polar surface area (TPSA) is 141 Å². The Balaban J connectivity index is 1.54. The number of non-ortho nitro benzene ring substituents is 1. The van der Waals surface area contributed by atoms with E-state index in [4.69, 9.17) is 0 Å². The molecule has 0 unspecified atom stereocenters. The van der Waals surface area contributed by atoms with E-state index in [0.29, 0.717) is 26.2 Å². The van der Waals surface area contributed by atoms with E-state index < -0.39 is 15.8 Å². The summed E-state index contributed by atoms with van der Waals surface area (Å²) >= 11 is 0. The number of hydrogen-bond acceptors (Lipinski definition) is 8. The van der Waals surface area contributed by atoms with Crippen molar-refractivity contribution in [2.75, 3.05) is 31.1 Å². The SMILES string of the molecule is O=C(Cn1cnc([N+](=O)[O-])n1)N1CCN(c2ccc([N+](=O)[O-])cc2)CC1. The Kier molecular flexibility index (Phi) is 4.73. The van der Waals surface area contributed by atoms with Gasteiger partial charge in [0, 0.05) is 49.1 Å². The lowest BCUT2D eigenvalue weighted by Gasteiger charge is -2.36. The molecule has 1 saturated heterocycles. The van der Waals surface area contributed by atoms with Crippen LogP contribution < -0.4 is 4.90 Å². The van der Waals surface area contributed by atoms with Crippen LogP contribution in [0.1, 0.15) is 0 Å². The molecule has 136 valence electrons. The highest BCUT2D eigenvalue weighted by atomic mass is 16.6. The summed E-state index contributed by atoms with van der Waals surface area (Å²) in [4.78, 5) is 39.6. The highest BCUT2D eigenvalue weighted by molar-refractivity contribution is 5.76. The molecule has 1 aliphatic heterocycles. The summed E-state index contributed by atoms with van der Waals surface area (Å²) in [5.41, 5.74) is 0.888. The molecule has 2 heterocycles. The largest absolute Gasteiger partial charge is 0.490 e. The molecule has 1 amide bonds. The van der Waals surface area contributed by atoms with Crippen LogP contribution in [0.2, 0.25) is 0 Å². The van der Waals surface area contributed by atoms with Crippen molar-refractivity contribution in [1.82, 2.24) is 19.7 Å². The summed E-state index contributed by atoms with van der Waals surface area (Å²) < 4.78 is 1.14. The molecule has 0 N–H and O–H groups in total. The molecule has 12 heteroatoms. The Hall–Kier alpha value is -3.57. The van der Waals surface area contributed by atoms with E-state index in [-0.39, 0.29) is 18.1 Å². The Morgan fingerprint density at radius 2 is 1.69 bits per heavy atom. The first kappa shape index (κ1) is 17.3. The molecule has 1 aliphatic rings. The summed E-state index contributed by atoms with van der Waals surface area (Å²) in [6.45, 7) is 2.01. The number of anilines is 1. The molecule has 0 spiro atoms. The molecule has 0 bridgehead atoms. The third-order valence-corrected chi connectivity index (χ3v) is 4.04. The molecular formula is C14H15N7O5. The number of carbonyl (C=O) groups is 1. The first-order valence-electron chi connectivity index (χ1n) is 7.75. The number of rotatable bonds is 5. The minimum absolute atomic E-state index is 0.0319. The van der Waals surface area contributed by atoms with Gasteiger partial charge in [-0.05, 0) is 17.1 Å². The van der Waals surface area contributed by atoms with Crippen LogP contribution in [-0.2, 0) is 11.3 Å². The number of amides is 1. The van der Waals surface area contributed by atoms with Crippen LogP contribution in [0.5, 0.6) is 0 Å². The number of nitro benzene ring substituents is 1. The maximum atomic E-state index is 12.3. The van der Waals surface area contributed by atoms with Crippen LogP contribution in [0.4, 0.5) is 17.3 Å². The van der Waals surface area contributed by atoms with Crippen molar-refractivity contribution in [2.45, 2.75) is 6.54 Å². The van der Waals surface area contributed by atoms with Gasteiger partial charge in [0.1, 0.15) is 6.54 Å². The smallest absolute Gasteiger partial charge is 0.390 e. The van der Waals surface area contributed by atoms with E-state index in [0.717, 1.165) is 16.7 Å². The highest BCUT2D eigenvalue weighted by Gasteiger charge is 2.23. The zero-order valence-electron chi connectivity index (χ0n) is 13.6. The van der Waals surface area contributed by atoms with Gasteiger partial charge in [0.15, 0.2) is 0 Å². The molecular weight excluding hydrogens is 346 g/mol. The molecule has 0 aliphatic carbocycles. The van der Waals surface area contributed by atoms with E-state index in [1.54, 1.807) is 17.0 Å². The minimum atomic E-state index is -0.718. The molecule has 1 fully saturated rings. The van der Waals surface area contributed by atoms with Crippen LogP contribution in [0.25, 0.3) is 0 Å². The van der Waals surface area contributed by atoms with Crippen molar-refractivity contribution in [3.63, 3.8) is 0 Å². The second-order valence-electron chi connectivity index (χ2n) is 5.64. The zero-order valence-corrected chi connectivity index (χ0v) is 13.6. The zero-order chi connectivity index (χ0) is 18.7. The lowest BCUT2D eigenvalue weighted by Crippen LogP contribution is -2.49. The van der Waals surface area contributed by atoms with Gasteiger partial charge in [-0.3, -0.25) is 14.9 Å². The molecule has 2 aromatic rings.